The fraction of sp³-hybridized carbons (Fsp3) is 0.157. The van der Waals surface area contributed by atoms with Gasteiger partial charge in [-0.15, -0.1) is 0 Å². The normalized spacial score (nSPS) is 13.6. The Balaban J connectivity index is 0.000000176. The minimum absolute atomic E-state index is 0.00571. The van der Waals surface area contributed by atoms with Crippen molar-refractivity contribution in [2.45, 2.75) is 35.5 Å². The molecule has 2 amide bonds. The van der Waals surface area contributed by atoms with E-state index in [-0.39, 0.29) is 33.4 Å². The number of aldehydes is 1. The molecule has 0 saturated heterocycles. The van der Waals surface area contributed by atoms with Gasteiger partial charge in [0.1, 0.15) is 6.29 Å². The van der Waals surface area contributed by atoms with Crippen LogP contribution in [0.5, 0.6) is 23.0 Å². The first-order chi connectivity index (χ1) is 33.8. The first kappa shape index (κ1) is 49.2. The highest BCUT2D eigenvalue weighted by Gasteiger charge is 2.35. The number of halogens is 3. The minimum Gasteiger partial charge on any atom is -0.454 e. The van der Waals surface area contributed by atoms with Gasteiger partial charge in [-0.1, -0.05) is 92.7 Å². The number of benzene rings is 6. The number of carbonyl (C=O) groups excluding carboxylic acids is 3. The van der Waals surface area contributed by atoms with E-state index in [2.05, 4.69) is 25.4 Å². The second-order valence-corrected chi connectivity index (χ2v) is 21.9. The molecule has 2 aliphatic rings. The van der Waals surface area contributed by atoms with Crippen LogP contribution in [0.2, 0.25) is 10.0 Å². The Labute approximate surface area is 426 Å². The van der Waals surface area contributed by atoms with Crippen LogP contribution in [-0.4, -0.2) is 57.7 Å². The van der Waals surface area contributed by atoms with Crippen molar-refractivity contribution < 1.29 is 50.2 Å². The lowest BCUT2D eigenvalue weighted by Gasteiger charge is -2.19. The van der Waals surface area contributed by atoms with Crippen LogP contribution in [0.15, 0.2) is 136 Å². The Bertz CT molecular complexity index is 3690. The summed E-state index contributed by atoms with van der Waals surface area (Å²) in [5, 5.41) is 1.94. The Morgan fingerprint density at radius 2 is 0.972 bits per heavy atom. The molecule has 2 N–H and O–H groups in total. The van der Waals surface area contributed by atoms with Gasteiger partial charge >= 0.3 is 0 Å². The van der Waals surface area contributed by atoms with Gasteiger partial charge in [-0.05, 0) is 90.7 Å². The third-order valence-corrected chi connectivity index (χ3v) is 15.9. The van der Waals surface area contributed by atoms with Crippen LogP contribution in [0.4, 0.5) is 0 Å². The quantitative estimate of drug-likeness (QED) is 0.117. The van der Waals surface area contributed by atoms with E-state index in [1.165, 1.54) is 24.3 Å². The van der Waals surface area contributed by atoms with Gasteiger partial charge in [-0.3, -0.25) is 14.4 Å². The number of hydrogen-bond donors (Lipinski definition) is 2. The molecule has 2 unspecified atom stereocenters. The van der Waals surface area contributed by atoms with Crippen LogP contribution in [0.3, 0.4) is 0 Å². The first-order valence-corrected chi connectivity index (χ1v) is 26.1. The van der Waals surface area contributed by atoms with Crippen LogP contribution in [0, 0.1) is 13.8 Å². The highest BCUT2D eigenvalue weighted by molar-refractivity contribution is 9.10. The molecule has 8 aromatic rings. The average Bonchev–Trinajstić information content (AvgIpc) is 4.13. The largest absolute Gasteiger partial charge is 0.454 e. The van der Waals surface area contributed by atoms with Crippen molar-refractivity contribution >= 4 is 99.1 Å². The lowest BCUT2D eigenvalue weighted by atomic mass is 9.90. The third-order valence-electron chi connectivity index (χ3n) is 12.0. The number of fused-ring (bicyclic) bond motifs is 4. The van der Waals surface area contributed by atoms with Crippen molar-refractivity contribution in [2.75, 3.05) is 13.6 Å². The molecule has 0 fully saturated rings. The zero-order chi connectivity index (χ0) is 50.5. The summed E-state index contributed by atoms with van der Waals surface area (Å²) in [6, 6.07) is 29.5. The van der Waals surface area contributed by atoms with Gasteiger partial charge in [0.05, 0.1) is 21.6 Å². The molecule has 15 nitrogen and oxygen atoms in total. The van der Waals surface area contributed by atoms with Gasteiger partial charge in [0, 0.05) is 80.5 Å². The summed E-state index contributed by atoms with van der Waals surface area (Å²) in [7, 11) is -4.66. The number of amides is 2. The third kappa shape index (κ3) is 9.82. The van der Waals surface area contributed by atoms with Crippen molar-refractivity contribution in [2.24, 2.45) is 14.1 Å². The molecule has 20 heteroatoms. The van der Waals surface area contributed by atoms with Gasteiger partial charge in [-0.25, -0.2) is 26.3 Å². The molecule has 0 radical (unpaired) electrons. The number of sulfonamides is 2. The Morgan fingerprint density at radius 1 is 0.577 bits per heavy atom. The van der Waals surface area contributed by atoms with Crippen molar-refractivity contribution in [3.63, 3.8) is 0 Å². The molecule has 71 heavy (non-hydrogen) atoms. The van der Waals surface area contributed by atoms with E-state index < -0.39 is 43.7 Å². The summed E-state index contributed by atoms with van der Waals surface area (Å²) < 4.78 is 83.1. The summed E-state index contributed by atoms with van der Waals surface area (Å²) in [6.07, 6.45) is 4.27. The van der Waals surface area contributed by atoms with Crippen LogP contribution >= 0.6 is 39.1 Å². The Hall–Kier alpha value is -6.83. The summed E-state index contributed by atoms with van der Waals surface area (Å²) in [6.45, 7) is 3.74. The number of carbonyl (C=O) groups is 3. The van der Waals surface area contributed by atoms with Crippen LogP contribution in [0.1, 0.15) is 55.6 Å². The molecule has 6 aromatic carbocycles. The van der Waals surface area contributed by atoms with Crippen molar-refractivity contribution in [3.05, 3.63) is 175 Å². The van der Waals surface area contributed by atoms with E-state index in [9.17, 15) is 31.2 Å². The number of nitrogens with zero attached hydrogens (tertiary/aromatic N) is 2. The number of rotatable bonds is 11. The molecule has 0 spiro atoms. The molecule has 4 heterocycles. The summed E-state index contributed by atoms with van der Waals surface area (Å²) in [5.41, 5.74) is 5.70. The molecule has 0 aliphatic carbocycles. The van der Waals surface area contributed by atoms with E-state index in [1.807, 2.05) is 43.7 Å². The van der Waals surface area contributed by atoms with Crippen molar-refractivity contribution in [1.82, 2.24) is 18.6 Å². The minimum atomic E-state index is -4.17. The molecular formula is C51H41BrCl2N4O11S2. The molecule has 10 rings (SSSR count). The van der Waals surface area contributed by atoms with Gasteiger partial charge in [0.15, 0.2) is 23.0 Å². The smallest absolute Gasteiger partial charge is 0.264 e. The zero-order valence-corrected chi connectivity index (χ0v) is 42.8. The maximum absolute atomic E-state index is 13.7. The van der Waals surface area contributed by atoms with Crippen LogP contribution in [0.25, 0.3) is 21.8 Å². The van der Waals surface area contributed by atoms with E-state index in [1.54, 1.807) is 90.7 Å². The summed E-state index contributed by atoms with van der Waals surface area (Å²) in [4.78, 5) is 38.7. The maximum Gasteiger partial charge on any atom is 0.264 e. The summed E-state index contributed by atoms with van der Waals surface area (Å²) >= 11 is 16.7. The molecule has 2 aromatic heterocycles. The van der Waals surface area contributed by atoms with Gasteiger partial charge in [0.2, 0.25) is 25.4 Å². The fourth-order valence-corrected chi connectivity index (χ4v) is 11.4. The number of nitrogens with one attached hydrogen (secondary N) is 2. The second-order valence-electron chi connectivity index (χ2n) is 16.8. The number of ether oxygens (including phenoxy) is 4. The second kappa shape index (κ2) is 19.4. The van der Waals surface area contributed by atoms with E-state index >= 15 is 0 Å². The van der Waals surface area contributed by atoms with Crippen LogP contribution < -0.4 is 28.4 Å². The number of hydrogen-bond acceptors (Lipinski definition) is 11. The van der Waals surface area contributed by atoms with Gasteiger partial charge in [0.25, 0.3) is 20.0 Å². The predicted molar refractivity (Wildman–Crippen MR) is 271 cm³/mol. The van der Waals surface area contributed by atoms with Gasteiger partial charge in [-0.2, -0.15) is 0 Å². The molecular weight excluding hydrogens is 1060 g/mol. The van der Waals surface area contributed by atoms with Crippen molar-refractivity contribution in [1.29, 1.82) is 0 Å². The standard InChI is InChI=1S/C26H21ClN2O6S.C25H20BrClN2O5S/c1-15-3-6-17(7-4-15)36(32,33)28-26(31)25(19-10-23-24(11-21(19)27)35-14-34-23)20-12-29(2)22-9-16(13-30)5-8-18(20)22;1-14-3-6-16(7-4-14)35(31,32)28-25(30)24(18-10-22-23(11-20(18)27)34-13-33-22)19-12-29(2)21-9-15(26)5-8-17(19)21/h3-13,25H,14H2,1-2H3,(H,28,31);3-12,24H,13H2,1-2H3,(H,28,30). The van der Waals surface area contributed by atoms with Gasteiger partial charge < -0.3 is 28.1 Å². The number of aryl methyl sites for hydroxylation is 4. The lowest BCUT2D eigenvalue weighted by molar-refractivity contribution is -0.120. The molecule has 364 valence electrons. The summed E-state index contributed by atoms with van der Waals surface area (Å²) in [5.74, 6) is -1.94. The fourth-order valence-electron chi connectivity index (χ4n) is 8.50. The maximum atomic E-state index is 13.7. The monoisotopic (exact) mass is 1100 g/mol. The lowest BCUT2D eigenvalue weighted by Crippen LogP contribution is -2.35. The zero-order valence-electron chi connectivity index (χ0n) is 38.0. The topological polar surface area (TPSA) is 190 Å². The first-order valence-electron chi connectivity index (χ1n) is 21.5. The SMILES string of the molecule is Cc1ccc(S(=O)(=O)NC(=O)C(c2cc3c(cc2Cl)OCO3)c2cn(C)c3cc(Br)ccc23)cc1.Cc1ccc(S(=O)(=O)NC(=O)C(c2cc3c(cc2Cl)OCO3)c2cn(C)c3cc(C=O)ccc23)cc1. The highest BCUT2D eigenvalue weighted by atomic mass is 79.9. The Kier molecular flexibility index (Phi) is 13.4. The van der Waals surface area contributed by atoms with Crippen molar-refractivity contribution in [3.8, 4) is 23.0 Å². The van der Waals surface area contributed by atoms with E-state index in [0.29, 0.717) is 61.7 Å². The Morgan fingerprint density at radius 3 is 1.39 bits per heavy atom. The predicted octanol–water partition coefficient (Wildman–Crippen LogP) is 9.59. The van der Waals surface area contributed by atoms with Crippen LogP contribution in [-0.2, 0) is 43.7 Å². The van der Waals surface area contributed by atoms with E-state index in [4.69, 9.17) is 42.1 Å². The van der Waals surface area contributed by atoms with E-state index in [0.717, 1.165) is 32.8 Å². The highest BCUT2D eigenvalue weighted by Crippen LogP contribution is 2.45. The molecule has 2 atom stereocenters. The average molecular weight is 1100 g/mol. The molecule has 0 saturated carbocycles. The number of aromatic nitrogens is 2. The molecule has 0 bridgehead atoms. The molecule has 2 aliphatic heterocycles.